The van der Waals surface area contributed by atoms with E-state index in [0.29, 0.717) is 12.1 Å². The maximum atomic E-state index is 13.5. The lowest BCUT2D eigenvalue weighted by Crippen LogP contribution is -2.11. The zero-order valence-electron chi connectivity index (χ0n) is 8.79. The van der Waals surface area contributed by atoms with Crippen LogP contribution in [-0.2, 0) is 4.74 Å². The lowest BCUT2D eigenvalue weighted by Gasteiger charge is -2.10. The van der Waals surface area contributed by atoms with Crippen LogP contribution >= 0.6 is 0 Å². The molecule has 4 heteroatoms. The summed E-state index contributed by atoms with van der Waals surface area (Å²) in [5.74, 6) is -1.02. The van der Waals surface area contributed by atoms with Gasteiger partial charge in [-0.05, 0) is 30.2 Å². The summed E-state index contributed by atoms with van der Waals surface area (Å²) in [6.45, 7) is 2.20. The van der Waals surface area contributed by atoms with Crippen molar-refractivity contribution in [2.45, 2.75) is 12.8 Å². The first-order valence-electron chi connectivity index (χ1n) is 4.68. The van der Waals surface area contributed by atoms with Crippen molar-refractivity contribution in [2.75, 3.05) is 13.7 Å². The Morgan fingerprint density at radius 1 is 1.60 bits per heavy atom. The molecule has 15 heavy (non-hydrogen) atoms. The summed E-state index contributed by atoms with van der Waals surface area (Å²) in [5.41, 5.74) is 6.17. The third kappa shape index (κ3) is 2.53. The van der Waals surface area contributed by atoms with Gasteiger partial charge in [-0.25, -0.2) is 9.18 Å². The third-order valence-electron chi connectivity index (χ3n) is 2.31. The van der Waals surface area contributed by atoms with E-state index in [2.05, 4.69) is 4.74 Å². The molecular formula is C11H14FNO2. The molecule has 0 bridgehead atoms. The maximum absolute atomic E-state index is 13.5. The van der Waals surface area contributed by atoms with E-state index in [1.165, 1.54) is 19.2 Å². The Morgan fingerprint density at radius 3 is 2.73 bits per heavy atom. The van der Waals surface area contributed by atoms with Gasteiger partial charge >= 0.3 is 5.97 Å². The van der Waals surface area contributed by atoms with Gasteiger partial charge in [0, 0.05) is 0 Å². The van der Waals surface area contributed by atoms with Crippen molar-refractivity contribution in [2.24, 2.45) is 5.73 Å². The predicted octanol–water partition coefficient (Wildman–Crippen LogP) is 1.67. The predicted molar refractivity (Wildman–Crippen MR) is 55.2 cm³/mol. The van der Waals surface area contributed by atoms with Crippen LogP contribution in [0.5, 0.6) is 0 Å². The number of esters is 1. The number of benzene rings is 1. The molecule has 0 saturated carbocycles. The molecule has 2 N–H and O–H groups in total. The van der Waals surface area contributed by atoms with Crippen molar-refractivity contribution in [1.82, 2.24) is 0 Å². The third-order valence-corrected chi connectivity index (χ3v) is 2.31. The van der Waals surface area contributed by atoms with Gasteiger partial charge in [-0.2, -0.15) is 0 Å². The molecule has 1 aromatic rings. The average Bonchev–Trinajstić information content (AvgIpc) is 2.26. The van der Waals surface area contributed by atoms with Gasteiger partial charge in [0.25, 0.3) is 0 Å². The monoisotopic (exact) mass is 211 g/mol. The van der Waals surface area contributed by atoms with Crippen molar-refractivity contribution in [1.29, 1.82) is 0 Å². The van der Waals surface area contributed by atoms with Crippen molar-refractivity contribution < 1.29 is 13.9 Å². The van der Waals surface area contributed by atoms with E-state index in [1.807, 2.05) is 6.92 Å². The Bertz CT molecular complexity index is 366. The fourth-order valence-corrected chi connectivity index (χ4v) is 1.30. The van der Waals surface area contributed by atoms with Crippen LogP contribution in [0.4, 0.5) is 4.39 Å². The van der Waals surface area contributed by atoms with Crippen LogP contribution in [0, 0.1) is 5.82 Å². The van der Waals surface area contributed by atoms with Gasteiger partial charge in [0.2, 0.25) is 0 Å². The standard InChI is InChI=1S/C11H14FNO2/c1-7(6-13)9-4-3-8(5-10(9)12)11(14)15-2/h3-5,7H,6,13H2,1-2H3. The molecule has 3 nitrogen and oxygen atoms in total. The molecule has 0 amide bonds. The number of hydrogen-bond acceptors (Lipinski definition) is 3. The summed E-state index contributed by atoms with van der Waals surface area (Å²) in [6.07, 6.45) is 0. The number of rotatable bonds is 3. The molecule has 0 aliphatic rings. The van der Waals surface area contributed by atoms with Gasteiger partial charge in [-0.1, -0.05) is 13.0 Å². The number of nitrogens with two attached hydrogens (primary N) is 1. The molecule has 1 unspecified atom stereocenters. The van der Waals surface area contributed by atoms with Crippen LogP contribution in [0.1, 0.15) is 28.8 Å². The lowest BCUT2D eigenvalue weighted by molar-refractivity contribution is 0.0600. The van der Waals surface area contributed by atoms with Crippen LogP contribution in [-0.4, -0.2) is 19.6 Å². The van der Waals surface area contributed by atoms with E-state index in [9.17, 15) is 9.18 Å². The molecule has 0 aliphatic heterocycles. The summed E-state index contributed by atoms with van der Waals surface area (Å²) in [4.78, 5) is 11.1. The van der Waals surface area contributed by atoms with Gasteiger partial charge in [-0.15, -0.1) is 0 Å². The highest BCUT2D eigenvalue weighted by Gasteiger charge is 2.13. The van der Waals surface area contributed by atoms with Crippen molar-refractivity contribution in [3.8, 4) is 0 Å². The molecular weight excluding hydrogens is 197 g/mol. The Morgan fingerprint density at radius 2 is 2.27 bits per heavy atom. The van der Waals surface area contributed by atoms with Gasteiger partial charge in [-0.3, -0.25) is 0 Å². The smallest absolute Gasteiger partial charge is 0.337 e. The molecule has 82 valence electrons. The molecule has 1 atom stereocenters. The summed E-state index contributed by atoms with van der Waals surface area (Å²) >= 11 is 0. The summed E-state index contributed by atoms with van der Waals surface area (Å²) in [7, 11) is 1.26. The minimum atomic E-state index is -0.541. The minimum Gasteiger partial charge on any atom is -0.465 e. The average molecular weight is 211 g/mol. The molecule has 0 spiro atoms. The molecule has 0 fully saturated rings. The SMILES string of the molecule is COC(=O)c1ccc(C(C)CN)c(F)c1. The zero-order valence-corrected chi connectivity index (χ0v) is 8.79. The van der Waals surface area contributed by atoms with Gasteiger partial charge in [0.15, 0.2) is 0 Å². The highest BCUT2D eigenvalue weighted by molar-refractivity contribution is 5.89. The van der Waals surface area contributed by atoms with Crippen LogP contribution in [0.3, 0.4) is 0 Å². The number of methoxy groups -OCH3 is 1. The minimum absolute atomic E-state index is 0.0586. The lowest BCUT2D eigenvalue weighted by atomic mass is 9.99. The summed E-state index contributed by atoms with van der Waals surface area (Å²) in [6, 6.07) is 4.28. The largest absolute Gasteiger partial charge is 0.465 e. The fourth-order valence-electron chi connectivity index (χ4n) is 1.30. The normalized spacial score (nSPS) is 12.3. The second kappa shape index (κ2) is 4.89. The molecule has 1 rings (SSSR count). The highest BCUT2D eigenvalue weighted by Crippen LogP contribution is 2.19. The van der Waals surface area contributed by atoms with Gasteiger partial charge < -0.3 is 10.5 Å². The number of hydrogen-bond donors (Lipinski definition) is 1. The molecule has 0 aromatic heterocycles. The Balaban J connectivity index is 3.03. The van der Waals surface area contributed by atoms with Crippen molar-refractivity contribution in [3.63, 3.8) is 0 Å². The van der Waals surface area contributed by atoms with E-state index < -0.39 is 11.8 Å². The van der Waals surface area contributed by atoms with E-state index in [1.54, 1.807) is 6.07 Å². The molecule has 0 radical (unpaired) electrons. The van der Waals surface area contributed by atoms with Gasteiger partial charge in [0.1, 0.15) is 5.82 Å². The van der Waals surface area contributed by atoms with Crippen molar-refractivity contribution >= 4 is 5.97 Å². The Labute approximate surface area is 88.0 Å². The number of halogens is 1. The van der Waals surface area contributed by atoms with Gasteiger partial charge in [0.05, 0.1) is 12.7 Å². The zero-order chi connectivity index (χ0) is 11.4. The molecule has 1 aromatic carbocycles. The highest BCUT2D eigenvalue weighted by atomic mass is 19.1. The summed E-state index contributed by atoms with van der Waals surface area (Å²) in [5, 5.41) is 0. The Kier molecular flexibility index (Phi) is 3.80. The quantitative estimate of drug-likeness (QED) is 0.774. The first-order chi connectivity index (χ1) is 7.10. The second-order valence-corrected chi connectivity index (χ2v) is 3.36. The fraction of sp³-hybridized carbons (Fsp3) is 0.364. The topological polar surface area (TPSA) is 52.3 Å². The number of carbonyl (C=O) groups is 1. The van der Waals surface area contributed by atoms with E-state index in [0.717, 1.165) is 0 Å². The summed E-state index contributed by atoms with van der Waals surface area (Å²) < 4.78 is 18.0. The first-order valence-corrected chi connectivity index (χ1v) is 4.68. The van der Waals surface area contributed by atoms with Crippen LogP contribution in [0.15, 0.2) is 18.2 Å². The van der Waals surface area contributed by atoms with Crippen LogP contribution in [0.25, 0.3) is 0 Å². The number of carbonyl (C=O) groups excluding carboxylic acids is 1. The van der Waals surface area contributed by atoms with Crippen LogP contribution < -0.4 is 5.73 Å². The van der Waals surface area contributed by atoms with E-state index in [-0.39, 0.29) is 11.5 Å². The molecule has 0 aliphatic carbocycles. The Hall–Kier alpha value is -1.42. The number of ether oxygens (including phenoxy) is 1. The maximum Gasteiger partial charge on any atom is 0.337 e. The molecule has 0 heterocycles. The second-order valence-electron chi connectivity index (χ2n) is 3.36. The molecule has 0 saturated heterocycles. The van der Waals surface area contributed by atoms with Crippen LogP contribution in [0.2, 0.25) is 0 Å². The first kappa shape index (κ1) is 11.7. The van der Waals surface area contributed by atoms with E-state index >= 15 is 0 Å². The van der Waals surface area contributed by atoms with E-state index in [4.69, 9.17) is 5.73 Å². The van der Waals surface area contributed by atoms with Crippen molar-refractivity contribution in [3.05, 3.63) is 35.1 Å².